The molecule has 0 aromatic heterocycles. The third-order valence-electron chi connectivity index (χ3n) is 4.32. The molecule has 0 N–H and O–H groups in total. The van der Waals surface area contributed by atoms with Crippen molar-refractivity contribution in [2.75, 3.05) is 21.3 Å². The van der Waals surface area contributed by atoms with Crippen molar-refractivity contribution < 1.29 is 28.6 Å². The summed E-state index contributed by atoms with van der Waals surface area (Å²) in [4.78, 5) is 37.3. The second-order valence-corrected chi connectivity index (χ2v) is 5.56. The van der Waals surface area contributed by atoms with Crippen molar-refractivity contribution in [3.63, 3.8) is 0 Å². The average Bonchev–Trinajstić information content (AvgIpc) is 3.25. The van der Waals surface area contributed by atoms with Crippen molar-refractivity contribution in [1.29, 1.82) is 5.26 Å². The molecule has 1 aliphatic rings. The summed E-state index contributed by atoms with van der Waals surface area (Å²) in [5.74, 6) is -4.35. The molecule has 0 bridgehead atoms. The number of esters is 3. The van der Waals surface area contributed by atoms with Crippen LogP contribution in [0.3, 0.4) is 0 Å². The van der Waals surface area contributed by atoms with E-state index in [1.165, 1.54) is 12.1 Å². The van der Waals surface area contributed by atoms with Gasteiger partial charge in [-0.3, -0.25) is 14.4 Å². The minimum Gasteiger partial charge on any atom is -0.468 e. The summed E-state index contributed by atoms with van der Waals surface area (Å²) in [6.07, 6.45) is 0. The van der Waals surface area contributed by atoms with Crippen LogP contribution in [0.15, 0.2) is 24.3 Å². The molecule has 24 heavy (non-hydrogen) atoms. The molecule has 1 aliphatic carbocycles. The number of rotatable bonds is 4. The molecule has 1 aromatic carbocycles. The summed E-state index contributed by atoms with van der Waals surface area (Å²) < 4.78 is 14.1. The monoisotopic (exact) mass is 351 g/mol. The number of hydrogen-bond acceptors (Lipinski definition) is 7. The molecule has 0 spiro atoms. The van der Waals surface area contributed by atoms with E-state index in [-0.39, 0.29) is 10.6 Å². The molecule has 0 unspecified atom stereocenters. The fourth-order valence-electron chi connectivity index (χ4n) is 3.25. The first-order valence-electron chi connectivity index (χ1n) is 6.81. The Kier molecular flexibility index (Phi) is 4.54. The number of hydrogen-bond donors (Lipinski definition) is 0. The van der Waals surface area contributed by atoms with Gasteiger partial charge >= 0.3 is 17.9 Å². The van der Waals surface area contributed by atoms with Gasteiger partial charge in [-0.05, 0) is 11.6 Å². The summed E-state index contributed by atoms with van der Waals surface area (Å²) in [6.45, 7) is 0. The van der Waals surface area contributed by atoms with Gasteiger partial charge in [-0.25, -0.2) is 0 Å². The van der Waals surface area contributed by atoms with Crippen LogP contribution in [0.5, 0.6) is 0 Å². The second kappa shape index (κ2) is 6.13. The van der Waals surface area contributed by atoms with E-state index < -0.39 is 34.7 Å². The Morgan fingerprint density at radius 1 is 1.04 bits per heavy atom. The topological polar surface area (TPSA) is 103 Å². The molecule has 1 saturated carbocycles. The van der Waals surface area contributed by atoms with Crippen molar-refractivity contribution in [3.05, 3.63) is 34.9 Å². The number of nitrogens with zero attached hydrogens (tertiary/aromatic N) is 1. The number of benzene rings is 1. The number of ether oxygens (including phenoxy) is 3. The first-order valence-corrected chi connectivity index (χ1v) is 7.18. The molecule has 2 atom stereocenters. The van der Waals surface area contributed by atoms with Crippen LogP contribution in [0.4, 0.5) is 0 Å². The highest BCUT2D eigenvalue weighted by Crippen LogP contribution is 2.76. The maximum Gasteiger partial charge on any atom is 0.328 e. The van der Waals surface area contributed by atoms with E-state index in [2.05, 4.69) is 4.74 Å². The lowest BCUT2D eigenvalue weighted by molar-refractivity contribution is -0.167. The smallest absolute Gasteiger partial charge is 0.328 e. The van der Waals surface area contributed by atoms with Gasteiger partial charge in [0, 0.05) is 10.9 Å². The molecule has 126 valence electrons. The third-order valence-corrected chi connectivity index (χ3v) is 4.66. The molecule has 2 rings (SSSR count). The Bertz CT molecular complexity index is 739. The van der Waals surface area contributed by atoms with E-state index in [4.69, 9.17) is 21.1 Å². The molecule has 1 fully saturated rings. The van der Waals surface area contributed by atoms with Crippen molar-refractivity contribution >= 4 is 29.5 Å². The first-order chi connectivity index (χ1) is 11.4. The first kappa shape index (κ1) is 17.8. The van der Waals surface area contributed by atoms with Gasteiger partial charge in [-0.1, -0.05) is 29.8 Å². The number of methoxy groups -OCH3 is 3. The van der Waals surface area contributed by atoms with Gasteiger partial charge < -0.3 is 14.2 Å². The van der Waals surface area contributed by atoms with Crippen LogP contribution in [0.1, 0.15) is 11.5 Å². The molecule has 8 heteroatoms. The molecule has 7 nitrogen and oxygen atoms in total. The predicted octanol–water partition coefficient (Wildman–Crippen LogP) is 1.45. The Labute approximate surface area is 143 Å². The summed E-state index contributed by atoms with van der Waals surface area (Å²) in [6, 6.07) is 8.06. The number of nitriles is 1. The highest BCUT2D eigenvalue weighted by molar-refractivity contribution is 6.32. The van der Waals surface area contributed by atoms with Gasteiger partial charge in [-0.2, -0.15) is 5.26 Å². The lowest BCUT2D eigenvalue weighted by atomic mass is 9.93. The van der Waals surface area contributed by atoms with E-state index in [1.807, 2.05) is 0 Å². The van der Waals surface area contributed by atoms with Crippen LogP contribution < -0.4 is 0 Å². The lowest BCUT2D eigenvalue weighted by Gasteiger charge is -2.14. The molecular weight excluding hydrogens is 338 g/mol. The van der Waals surface area contributed by atoms with Crippen molar-refractivity contribution in [2.24, 2.45) is 10.8 Å². The van der Waals surface area contributed by atoms with Gasteiger partial charge in [0.2, 0.25) is 5.41 Å². The van der Waals surface area contributed by atoms with Crippen LogP contribution in [0.2, 0.25) is 5.02 Å². The van der Waals surface area contributed by atoms with E-state index in [1.54, 1.807) is 18.2 Å². The summed E-state index contributed by atoms with van der Waals surface area (Å²) in [5, 5.41) is 9.89. The lowest BCUT2D eigenvalue weighted by Crippen LogP contribution is -2.37. The van der Waals surface area contributed by atoms with Crippen LogP contribution in [-0.2, 0) is 28.6 Å². The highest BCUT2D eigenvalue weighted by atomic mass is 35.5. The fourth-order valence-corrected chi connectivity index (χ4v) is 3.50. The maximum atomic E-state index is 12.5. The number of carbonyl (C=O) groups excluding carboxylic acids is 3. The van der Waals surface area contributed by atoms with E-state index in [0.717, 1.165) is 21.3 Å². The standard InChI is InChI=1S/C16H14ClNO6/c1-22-12(19)15(8-18)11(9-6-4-5-7-10(9)17)16(15,13(20)23-2)14(21)24-3/h4-7,11H,1-3H3/t11-,15-/m0/s1. The normalized spacial score (nSPS) is 23.5. The molecule has 0 aliphatic heterocycles. The van der Waals surface area contributed by atoms with Gasteiger partial charge in [-0.15, -0.1) is 0 Å². The molecule has 1 aromatic rings. The van der Waals surface area contributed by atoms with Gasteiger partial charge in [0.15, 0.2) is 5.41 Å². The fraction of sp³-hybridized carbons (Fsp3) is 0.375. The number of halogens is 1. The van der Waals surface area contributed by atoms with Crippen LogP contribution in [0.25, 0.3) is 0 Å². The highest BCUT2D eigenvalue weighted by Gasteiger charge is 2.92. The van der Waals surface area contributed by atoms with Gasteiger partial charge in [0.1, 0.15) is 0 Å². The van der Waals surface area contributed by atoms with E-state index >= 15 is 0 Å². The van der Waals surface area contributed by atoms with E-state index in [0.29, 0.717) is 0 Å². The van der Waals surface area contributed by atoms with E-state index in [9.17, 15) is 19.6 Å². The second-order valence-electron chi connectivity index (χ2n) is 5.16. The minimum absolute atomic E-state index is 0.195. The SMILES string of the molecule is COC(=O)C1(C(=O)OC)[C@@H](c2ccccc2Cl)[C@@]1(C#N)C(=O)OC. The van der Waals surface area contributed by atoms with Crippen molar-refractivity contribution in [1.82, 2.24) is 0 Å². The van der Waals surface area contributed by atoms with Crippen LogP contribution in [0, 0.1) is 22.2 Å². The van der Waals surface area contributed by atoms with Crippen molar-refractivity contribution in [3.8, 4) is 6.07 Å². The van der Waals surface area contributed by atoms with Crippen LogP contribution >= 0.6 is 11.6 Å². The third kappa shape index (κ3) is 1.93. The summed E-state index contributed by atoms with van der Waals surface area (Å²) >= 11 is 6.15. The molecule has 0 heterocycles. The predicted molar refractivity (Wildman–Crippen MR) is 80.7 cm³/mol. The summed E-state index contributed by atoms with van der Waals surface area (Å²) in [5.41, 5.74) is -4.02. The Morgan fingerprint density at radius 2 is 1.54 bits per heavy atom. The molecule has 0 amide bonds. The van der Waals surface area contributed by atoms with Gasteiger partial charge in [0.05, 0.1) is 27.4 Å². The van der Waals surface area contributed by atoms with Crippen molar-refractivity contribution in [2.45, 2.75) is 5.92 Å². The summed E-state index contributed by atoms with van der Waals surface area (Å²) in [7, 11) is 3.16. The number of carbonyl (C=O) groups is 3. The molecule has 0 saturated heterocycles. The Morgan fingerprint density at radius 3 is 1.96 bits per heavy atom. The quantitative estimate of drug-likeness (QED) is 0.459. The maximum absolute atomic E-state index is 12.5. The van der Waals surface area contributed by atoms with Crippen LogP contribution in [-0.4, -0.2) is 39.2 Å². The zero-order chi connectivity index (χ0) is 18.1. The Hall–Kier alpha value is -2.59. The minimum atomic E-state index is -2.18. The zero-order valence-electron chi connectivity index (χ0n) is 13.2. The zero-order valence-corrected chi connectivity index (χ0v) is 13.9. The molecule has 0 radical (unpaired) electrons. The largest absolute Gasteiger partial charge is 0.468 e. The molecular formula is C16H14ClNO6. The Balaban J connectivity index is 2.81. The average molecular weight is 352 g/mol. The van der Waals surface area contributed by atoms with Gasteiger partial charge in [0.25, 0.3) is 0 Å².